The number of carbonyl (C=O) groups excluding carboxylic acids is 1. The van der Waals surface area contributed by atoms with Gasteiger partial charge in [-0.2, -0.15) is 0 Å². The van der Waals surface area contributed by atoms with E-state index < -0.39 is 6.29 Å². The molecule has 4 bridgehead atoms. The molecule has 5 fully saturated rings. The lowest BCUT2D eigenvalue weighted by molar-refractivity contribution is -0.276. The first kappa shape index (κ1) is 33.4. The molecule has 50 heavy (non-hydrogen) atoms. The molecule has 1 heterocycles. The van der Waals surface area contributed by atoms with Gasteiger partial charge >= 0.3 is 6.03 Å². The van der Waals surface area contributed by atoms with Crippen LogP contribution >= 0.6 is 0 Å². The summed E-state index contributed by atoms with van der Waals surface area (Å²) >= 11 is 0. The Labute approximate surface area is 296 Å². The van der Waals surface area contributed by atoms with Crippen LogP contribution in [0.2, 0.25) is 0 Å². The molecule has 9 rings (SSSR count). The molecule has 262 valence electrons. The largest absolute Gasteiger partial charge is 0.392 e. The number of benzene rings is 4. The van der Waals surface area contributed by atoms with Crippen molar-refractivity contribution in [2.24, 2.45) is 23.7 Å². The van der Waals surface area contributed by atoms with Gasteiger partial charge in [0.15, 0.2) is 6.29 Å². The van der Waals surface area contributed by atoms with Gasteiger partial charge in [0.25, 0.3) is 0 Å². The van der Waals surface area contributed by atoms with E-state index in [1.54, 1.807) is 0 Å². The molecule has 3 N–H and O–H groups in total. The highest BCUT2D eigenvalue weighted by atomic mass is 16.7. The number of amides is 2. The van der Waals surface area contributed by atoms with E-state index >= 15 is 0 Å². The number of fused-ring (bicyclic) bond motifs is 1. The molecule has 0 spiro atoms. The summed E-state index contributed by atoms with van der Waals surface area (Å²) in [7, 11) is 2.17. The van der Waals surface area contributed by atoms with Crippen molar-refractivity contribution in [1.29, 1.82) is 0 Å². The van der Waals surface area contributed by atoms with Gasteiger partial charge in [-0.1, -0.05) is 79.7 Å². The Balaban J connectivity index is 1.00. The average molecular weight is 674 g/mol. The van der Waals surface area contributed by atoms with Crippen molar-refractivity contribution < 1.29 is 19.4 Å². The van der Waals surface area contributed by atoms with Crippen LogP contribution in [0, 0.1) is 23.7 Å². The number of aliphatic hydroxyl groups is 1. The van der Waals surface area contributed by atoms with Gasteiger partial charge in [0.2, 0.25) is 0 Å². The number of nitrogens with zero attached hydrogens (tertiary/aromatic N) is 1. The summed E-state index contributed by atoms with van der Waals surface area (Å²) in [6.45, 7) is 5.17. The smallest absolute Gasteiger partial charge is 0.319 e. The third-order valence-electron chi connectivity index (χ3n) is 12.3. The topological polar surface area (TPSA) is 83.1 Å². The summed E-state index contributed by atoms with van der Waals surface area (Å²) in [5.74, 6) is 2.36. The minimum Gasteiger partial charge on any atom is -0.392 e. The lowest BCUT2D eigenvalue weighted by Crippen LogP contribution is -2.60. The SMILES string of the molecule is C[C@H]1[C@@H](CN(C)[C@H](C)c2ccc3ccccc3c2)O[C@@H](c2cccc(NC(=O)NC34CC5CC(CC(C5)C3)C4)c2)O[C@H]1c1ccc(CO)cc1. The summed E-state index contributed by atoms with van der Waals surface area (Å²) in [6, 6.07) is 31.2. The van der Waals surface area contributed by atoms with Crippen LogP contribution < -0.4 is 10.6 Å². The molecule has 4 aromatic rings. The van der Waals surface area contributed by atoms with E-state index in [9.17, 15) is 9.90 Å². The van der Waals surface area contributed by atoms with Crippen molar-refractivity contribution in [1.82, 2.24) is 10.2 Å². The number of anilines is 1. The van der Waals surface area contributed by atoms with E-state index in [0.717, 1.165) is 59.4 Å². The normalized spacial score (nSPS) is 30.8. The van der Waals surface area contributed by atoms with Crippen molar-refractivity contribution in [3.8, 4) is 0 Å². The molecule has 5 aliphatic rings. The molecule has 4 aliphatic carbocycles. The van der Waals surface area contributed by atoms with Gasteiger partial charge < -0.3 is 25.2 Å². The first-order chi connectivity index (χ1) is 24.2. The number of rotatable bonds is 9. The zero-order valence-corrected chi connectivity index (χ0v) is 29.6. The molecule has 1 aliphatic heterocycles. The quantitative estimate of drug-likeness (QED) is 0.165. The molecule has 1 saturated heterocycles. The number of likely N-dealkylation sites (N-methyl/N-ethyl adjacent to an activating group) is 1. The Morgan fingerprint density at radius 3 is 2.26 bits per heavy atom. The van der Waals surface area contributed by atoms with Gasteiger partial charge in [0.05, 0.1) is 18.8 Å². The second-order valence-electron chi connectivity index (χ2n) is 15.9. The molecule has 4 aromatic carbocycles. The fourth-order valence-corrected chi connectivity index (χ4v) is 9.92. The lowest BCUT2D eigenvalue weighted by Gasteiger charge is -2.56. The summed E-state index contributed by atoms with van der Waals surface area (Å²) < 4.78 is 13.6. The predicted octanol–water partition coefficient (Wildman–Crippen LogP) is 8.91. The van der Waals surface area contributed by atoms with Crippen LogP contribution in [-0.4, -0.2) is 41.3 Å². The number of ether oxygens (including phenoxy) is 2. The minimum atomic E-state index is -0.615. The second kappa shape index (κ2) is 13.8. The monoisotopic (exact) mass is 673 g/mol. The lowest BCUT2D eigenvalue weighted by atomic mass is 9.53. The standard InChI is InChI=1S/C43H51N3O4/c1-27-39(25-46(3)28(2)35-16-15-33-7-4-5-8-36(33)20-35)49-41(50-40(27)34-13-11-29(26-47)12-14-34)37-9-6-10-38(21-37)44-42(48)45-43-22-30-17-31(23-43)19-32(18-30)24-43/h4-16,20-21,27-28,30-32,39-41,47H,17-19,22-26H2,1-3H3,(H2,44,45,48)/t27-,28+,30?,31?,32?,39+,40+,41+,43?/m0/s1. The predicted molar refractivity (Wildman–Crippen MR) is 197 cm³/mol. The van der Waals surface area contributed by atoms with Gasteiger partial charge in [-0.15, -0.1) is 0 Å². The van der Waals surface area contributed by atoms with Gasteiger partial charge in [-0.3, -0.25) is 4.90 Å². The first-order valence-corrected chi connectivity index (χ1v) is 18.6. The Morgan fingerprint density at radius 2 is 1.56 bits per heavy atom. The van der Waals surface area contributed by atoms with Crippen LogP contribution in [0.1, 0.15) is 93.1 Å². The van der Waals surface area contributed by atoms with E-state index in [4.69, 9.17) is 9.47 Å². The van der Waals surface area contributed by atoms with Crippen molar-refractivity contribution in [3.05, 3.63) is 113 Å². The van der Waals surface area contributed by atoms with Crippen molar-refractivity contribution >= 4 is 22.5 Å². The zero-order valence-electron chi connectivity index (χ0n) is 29.6. The van der Waals surface area contributed by atoms with Crippen molar-refractivity contribution in [3.63, 3.8) is 0 Å². The molecule has 4 saturated carbocycles. The van der Waals surface area contributed by atoms with E-state index in [2.05, 4.69) is 91.0 Å². The van der Waals surface area contributed by atoms with E-state index in [1.807, 2.05) is 36.4 Å². The van der Waals surface area contributed by atoms with Crippen LogP contribution in [0.25, 0.3) is 10.8 Å². The number of carbonyl (C=O) groups is 1. The number of hydrogen-bond donors (Lipinski definition) is 3. The highest BCUT2D eigenvalue weighted by Gasteiger charge is 2.51. The molecule has 5 atom stereocenters. The fourth-order valence-electron chi connectivity index (χ4n) is 9.92. The maximum Gasteiger partial charge on any atom is 0.319 e. The summed E-state index contributed by atoms with van der Waals surface area (Å²) in [4.78, 5) is 15.8. The summed E-state index contributed by atoms with van der Waals surface area (Å²) in [5, 5.41) is 18.8. The third kappa shape index (κ3) is 6.81. The second-order valence-corrected chi connectivity index (χ2v) is 15.9. The van der Waals surface area contributed by atoms with E-state index in [-0.39, 0.29) is 42.3 Å². The minimum absolute atomic E-state index is 0.00338. The van der Waals surface area contributed by atoms with Gasteiger partial charge in [-0.25, -0.2) is 4.79 Å². The zero-order chi connectivity index (χ0) is 34.4. The Hall–Kier alpha value is -3.75. The van der Waals surface area contributed by atoms with Gasteiger partial charge in [-0.05, 0) is 116 Å². The summed E-state index contributed by atoms with van der Waals surface area (Å²) in [6.07, 6.45) is 6.42. The average Bonchev–Trinajstić information content (AvgIpc) is 3.11. The molecule has 7 heteroatoms. The maximum absolute atomic E-state index is 13.4. The van der Waals surface area contributed by atoms with E-state index in [0.29, 0.717) is 6.54 Å². The molecular weight excluding hydrogens is 622 g/mol. The molecule has 2 amide bonds. The number of nitrogens with one attached hydrogen (secondary N) is 2. The molecule has 0 radical (unpaired) electrons. The van der Waals surface area contributed by atoms with Crippen LogP contribution in [0.15, 0.2) is 91.0 Å². The van der Waals surface area contributed by atoms with Crippen LogP contribution in [0.5, 0.6) is 0 Å². The summed E-state index contributed by atoms with van der Waals surface area (Å²) in [5.41, 5.74) is 4.75. The van der Waals surface area contributed by atoms with Crippen LogP contribution in [0.3, 0.4) is 0 Å². The first-order valence-electron chi connectivity index (χ1n) is 18.6. The Morgan fingerprint density at radius 1 is 0.860 bits per heavy atom. The third-order valence-corrected chi connectivity index (χ3v) is 12.3. The highest BCUT2D eigenvalue weighted by Crippen LogP contribution is 2.55. The Kier molecular flexibility index (Phi) is 9.19. The number of aliphatic hydroxyl groups excluding tert-OH is 1. The highest BCUT2D eigenvalue weighted by molar-refractivity contribution is 5.90. The number of hydrogen-bond acceptors (Lipinski definition) is 5. The molecular formula is C43H51N3O4. The number of urea groups is 1. The molecule has 0 unspecified atom stereocenters. The fraction of sp³-hybridized carbons (Fsp3) is 0.465. The van der Waals surface area contributed by atoms with Gasteiger partial charge in [0, 0.05) is 35.3 Å². The van der Waals surface area contributed by atoms with Crippen LogP contribution in [-0.2, 0) is 16.1 Å². The van der Waals surface area contributed by atoms with E-state index in [1.165, 1.54) is 35.6 Å². The Bertz CT molecular complexity index is 1790. The van der Waals surface area contributed by atoms with Gasteiger partial charge in [0.1, 0.15) is 0 Å². The van der Waals surface area contributed by atoms with Crippen molar-refractivity contribution in [2.75, 3.05) is 18.9 Å². The molecule has 0 aromatic heterocycles. The van der Waals surface area contributed by atoms with Crippen molar-refractivity contribution in [2.45, 2.75) is 89.1 Å². The molecule has 7 nitrogen and oxygen atoms in total. The maximum atomic E-state index is 13.4. The van der Waals surface area contributed by atoms with Crippen LogP contribution in [0.4, 0.5) is 10.5 Å².